The number of benzene rings is 2. The summed E-state index contributed by atoms with van der Waals surface area (Å²) in [5.41, 5.74) is 1.76. The second-order valence-electron chi connectivity index (χ2n) is 7.50. The molecule has 0 fully saturated rings. The molecule has 4 aromatic rings. The van der Waals surface area contributed by atoms with E-state index in [0.29, 0.717) is 60.6 Å². The molecule has 8 heteroatoms. The van der Waals surface area contributed by atoms with Crippen molar-refractivity contribution < 1.29 is 13.9 Å². The van der Waals surface area contributed by atoms with Gasteiger partial charge in [0.05, 0.1) is 18.4 Å². The summed E-state index contributed by atoms with van der Waals surface area (Å²) < 4.78 is 10.8. The van der Waals surface area contributed by atoms with E-state index < -0.39 is 0 Å². The zero-order valence-electron chi connectivity index (χ0n) is 18.3. The number of halogens is 1. The molecule has 0 aliphatic rings. The molecule has 0 radical (unpaired) electrons. The third-order valence-electron chi connectivity index (χ3n) is 5.19. The van der Waals surface area contributed by atoms with Gasteiger partial charge in [-0.1, -0.05) is 41.9 Å². The quantitative estimate of drug-likeness (QED) is 0.366. The lowest BCUT2D eigenvalue weighted by Gasteiger charge is -2.25. The minimum Gasteiger partial charge on any atom is -0.461 e. The maximum Gasteiger partial charge on any atom is 0.222 e. The van der Waals surface area contributed by atoms with Crippen LogP contribution in [0.3, 0.4) is 0 Å². The van der Waals surface area contributed by atoms with E-state index in [2.05, 4.69) is 10.3 Å². The highest BCUT2D eigenvalue weighted by Crippen LogP contribution is 2.29. The van der Waals surface area contributed by atoms with Gasteiger partial charge in [-0.15, -0.1) is 0 Å². The molecule has 0 aliphatic heterocycles. The van der Waals surface area contributed by atoms with E-state index in [1.54, 1.807) is 25.5 Å². The normalized spacial score (nSPS) is 11.0. The molecule has 0 bridgehead atoms. The first kappa shape index (κ1) is 22.8. The number of hydrogen-bond acceptors (Lipinski definition) is 6. The standard InChI is InChI=1S/C25H25ClN4O3/c1-32-15-13-30(12-11-23(31)27-17-18-6-3-2-4-7-18)25-20-10-9-19(26)16-21(20)28-24(29-25)22-8-5-14-33-22/h2-10,14,16H,11-13,15,17H2,1H3,(H,27,31). The Morgan fingerprint density at radius 2 is 1.94 bits per heavy atom. The van der Waals surface area contributed by atoms with Gasteiger partial charge in [0.15, 0.2) is 11.6 Å². The van der Waals surface area contributed by atoms with Gasteiger partial charge in [-0.3, -0.25) is 4.79 Å². The first-order valence-corrected chi connectivity index (χ1v) is 11.1. The molecular weight excluding hydrogens is 440 g/mol. The Labute approximate surface area is 197 Å². The van der Waals surface area contributed by atoms with Gasteiger partial charge in [0, 0.05) is 43.6 Å². The number of methoxy groups -OCH3 is 1. The smallest absolute Gasteiger partial charge is 0.222 e. The van der Waals surface area contributed by atoms with Gasteiger partial charge < -0.3 is 19.4 Å². The number of furan rings is 1. The molecule has 7 nitrogen and oxygen atoms in total. The molecule has 2 heterocycles. The minimum absolute atomic E-state index is 0.0334. The Morgan fingerprint density at radius 1 is 1.09 bits per heavy atom. The number of fused-ring (bicyclic) bond motifs is 1. The van der Waals surface area contributed by atoms with Gasteiger partial charge in [0.25, 0.3) is 0 Å². The lowest BCUT2D eigenvalue weighted by atomic mass is 10.2. The van der Waals surface area contributed by atoms with Crippen LogP contribution in [0.5, 0.6) is 0 Å². The number of rotatable bonds is 10. The fraction of sp³-hybridized carbons (Fsp3) is 0.240. The maximum atomic E-state index is 12.6. The third kappa shape index (κ3) is 5.88. The van der Waals surface area contributed by atoms with Crippen LogP contribution in [0, 0.1) is 0 Å². The molecule has 0 atom stereocenters. The molecule has 1 amide bonds. The predicted molar refractivity (Wildman–Crippen MR) is 129 cm³/mol. The fourth-order valence-corrected chi connectivity index (χ4v) is 3.66. The SMILES string of the molecule is COCCN(CCC(=O)NCc1ccccc1)c1nc(-c2ccco2)nc2cc(Cl)ccc12. The van der Waals surface area contributed by atoms with Crippen LogP contribution >= 0.6 is 11.6 Å². The van der Waals surface area contributed by atoms with E-state index in [1.165, 1.54) is 0 Å². The summed E-state index contributed by atoms with van der Waals surface area (Å²) in [6.07, 6.45) is 1.89. The van der Waals surface area contributed by atoms with Crippen LogP contribution in [0.15, 0.2) is 71.3 Å². The van der Waals surface area contributed by atoms with Crippen molar-refractivity contribution in [2.24, 2.45) is 0 Å². The highest BCUT2D eigenvalue weighted by molar-refractivity contribution is 6.31. The van der Waals surface area contributed by atoms with Crippen LogP contribution in [0.2, 0.25) is 5.02 Å². The average Bonchev–Trinajstić information content (AvgIpc) is 3.38. The monoisotopic (exact) mass is 464 g/mol. The molecule has 4 rings (SSSR count). The van der Waals surface area contributed by atoms with Gasteiger partial charge in [0.1, 0.15) is 5.82 Å². The maximum absolute atomic E-state index is 12.6. The highest BCUT2D eigenvalue weighted by Gasteiger charge is 2.18. The van der Waals surface area contributed by atoms with Gasteiger partial charge in [-0.2, -0.15) is 0 Å². The molecule has 0 aliphatic carbocycles. The predicted octanol–water partition coefficient (Wildman–Crippen LogP) is 4.70. The van der Waals surface area contributed by atoms with Gasteiger partial charge in [-0.25, -0.2) is 9.97 Å². The van der Waals surface area contributed by atoms with Crippen molar-refractivity contribution in [3.63, 3.8) is 0 Å². The highest BCUT2D eigenvalue weighted by atomic mass is 35.5. The molecule has 0 saturated carbocycles. The zero-order valence-corrected chi connectivity index (χ0v) is 19.1. The summed E-state index contributed by atoms with van der Waals surface area (Å²) in [7, 11) is 1.65. The number of ether oxygens (including phenoxy) is 1. The number of carbonyl (C=O) groups is 1. The molecule has 170 valence electrons. The Morgan fingerprint density at radius 3 is 2.70 bits per heavy atom. The number of hydrogen-bond donors (Lipinski definition) is 1. The van der Waals surface area contributed by atoms with E-state index in [4.69, 9.17) is 25.7 Å². The van der Waals surface area contributed by atoms with Crippen molar-refractivity contribution in [1.82, 2.24) is 15.3 Å². The first-order chi connectivity index (χ1) is 16.1. The van der Waals surface area contributed by atoms with Crippen molar-refractivity contribution in [1.29, 1.82) is 0 Å². The topological polar surface area (TPSA) is 80.5 Å². The van der Waals surface area contributed by atoms with Crippen LogP contribution in [-0.2, 0) is 16.1 Å². The summed E-state index contributed by atoms with van der Waals surface area (Å²) in [5, 5.41) is 4.41. The van der Waals surface area contributed by atoms with Crippen LogP contribution in [0.4, 0.5) is 5.82 Å². The number of carbonyl (C=O) groups excluding carboxylic acids is 1. The molecular formula is C25H25ClN4O3. The van der Waals surface area contributed by atoms with Crippen molar-refractivity contribution in [2.45, 2.75) is 13.0 Å². The number of nitrogens with one attached hydrogen (secondary N) is 1. The molecule has 1 N–H and O–H groups in total. The van der Waals surface area contributed by atoms with Gasteiger partial charge >= 0.3 is 0 Å². The summed E-state index contributed by atoms with van der Waals surface area (Å²) in [6.45, 7) is 2.02. The number of nitrogens with zero attached hydrogens (tertiary/aromatic N) is 3. The summed E-state index contributed by atoms with van der Waals surface area (Å²) in [6, 6.07) is 18.9. The van der Waals surface area contributed by atoms with Crippen LogP contribution in [0.25, 0.3) is 22.5 Å². The van der Waals surface area contributed by atoms with E-state index >= 15 is 0 Å². The molecule has 0 saturated heterocycles. The second-order valence-corrected chi connectivity index (χ2v) is 7.94. The molecule has 0 unspecified atom stereocenters. The Balaban J connectivity index is 1.58. The van der Waals surface area contributed by atoms with Crippen molar-refractivity contribution >= 4 is 34.2 Å². The Kier molecular flexibility index (Phi) is 7.55. The van der Waals surface area contributed by atoms with Gasteiger partial charge in [0.2, 0.25) is 5.91 Å². The van der Waals surface area contributed by atoms with Crippen LogP contribution in [0.1, 0.15) is 12.0 Å². The lowest BCUT2D eigenvalue weighted by molar-refractivity contribution is -0.121. The van der Waals surface area contributed by atoms with E-state index in [0.717, 1.165) is 10.9 Å². The summed E-state index contributed by atoms with van der Waals surface area (Å²) in [5.74, 6) is 1.69. The molecule has 33 heavy (non-hydrogen) atoms. The second kappa shape index (κ2) is 10.9. The third-order valence-corrected chi connectivity index (χ3v) is 5.42. The van der Waals surface area contributed by atoms with Gasteiger partial charge in [-0.05, 0) is 35.9 Å². The van der Waals surface area contributed by atoms with Crippen LogP contribution in [-0.4, -0.2) is 42.7 Å². The first-order valence-electron chi connectivity index (χ1n) is 10.7. The average molecular weight is 465 g/mol. The number of amides is 1. The number of anilines is 1. The van der Waals surface area contributed by atoms with Crippen molar-refractivity contribution in [3.05, 3.63) is 77.5 Å². The van der Waals surface area contributed by atoms with Crippen LogP contribution < -0.4 is 10.2 Å². The Hall–Kier alpha value is -3.42. The fourth-order valence-electron chi connectivity index (χ4n) is 3.49. The zero-order chi connectivity index (χ0) is 23.0. The number of aromatic nitrogens is 2. The van der Waals surface area contributed by atoms with Crippen molar-refractivity contribution in [3.8, 4) is 11.6 Å². The largest absolute Gasteiger partial charge is 0.461 e. The lowest BCUT2D eigenvalue weighted by Crippen LogP contribution is -2.33. The van der Waals surface area contributed by atoms with E-state index in [1.807, 2.05) is 53.4 Å². The summed E-state index contributed by atoms with van der Waals surface area (Å²) >= 11 is 6.23. The molecule has 2 aromatic heterocycles. The van der Waals surface area contributed by atoms with Crippen molar-refractivity contribution in [2.75, 3.05) is 31.7 Å². The Bertz CT molecular complexity index is 1200. The molecule has 2 aromatic carbocycles. The molecule has 0 spiro atoms. The minimum atomic E-state index is -0.0334. The van der Waals surface area contributed by atoms with E-state index in [-0.39, 0.29) is 5.91 Å². The summed E-state index contributed by atoms with van der Waals surface area (Å²) in [4.78, 5) is 24.0. The van der Waals surface area contributed by atoms with E-state index in [9.17, 15) is 4.79 Å².